The van der Waals surface area contributed by atoms with Gasteiger partial charge in [-0.05, 0) is 24.3 Å². The SMILES string of the molecule is Nc1ccc(Oc2ncnc3ccc(Cl)n23)c(F)c1. The van der Waals surface area contributed by atoms with Crippen LogP contribution in [0.15, 0.2) is 36.7 Å². The number of hydrogen-bond donors (Lipinski definition) is 1. The van der Waals surface area contributed by atoms with E-state index >= 15 is 0 Å². The van der Waals surface area contributed by atoms with E-state index in [0.29, 0.717) is 16.5 Å². The number of benzene rings is 1. The van der Waals surface area contributed by atoms with Crippen LogP contribution < -0.4 is 10.5 Å². The van der Waals surface area contributed by atoms with Crippen LogP contribution in [0.25, 0.3) is 5.65 Å². The lowest BCUT2D eigenvalue weighted by Gasteiger charge is -2.08. The van der Waals surface area contributed by atoms with Crippen LogP contribution in [0.2, 0.25) is 5.15 Å². The van der Waals surface area contributed by atoms with E-state index in [9.17, 15) is 4.39 Å². The standard InChI is InChI=1S/C12H8ClFN4O/c13-10-3-4-11-16-6-17-12(18(10)11)19-9-2-1-7(15)5-8(9)14/h1-6H,15H2. The molecule has 0 fully saturated rings. The minimum atomic E-state index is -0.574. The van der Waals surface area contributed by atoms with Crippen molar-refractivity contribution in [3.63, 3.8) is 0 Å². The molecule has 96 valence electrons. The van der Waals surface area contributed by atoms with E-state index in [-0.39, 0.29) is 11.8 Å². The summed E-state index contributed by atoms with van der Waals surface area (Å²) in [7, 11) is 0. The molecule has 19 heavy (non-hydrogen) atoms. The third-order valence-corrected chi connectivity index (χ3v) is 2.81. The molecular formula is C12H8ClFN4O. The number of nitrogens with two attached hydrogens (primary N) is 1. The maximum Gasteiger partial charge on any atom is 0.310 e. The number of anilines is 1. The number of rotatable bonds is 2. The van der Waals surface area contributed by atoms with E-state index in [4.69, 9.17) is 22.1 Å². The zero-order valence-electron chi connectivity index (χ0n) is 9.55. The van der Waals surface area contributed by atoms with Crippen LogP contribution in [-0.4, -0.2) is 14.4 Å². The van der Waals surface area contributed by atoms with Crippen molar-refractivity contribution in [1.29, 1.82) is 0 Å². The first-order valence-electron chi connectivity index (χ1n) is 5.36. The number of nitrogens with zero attached hydrogens (tertiary/aromatic N) is 3. The van der Waals surface area contributed by atoms with Gasteiger partial charge in [0.05, 0.1) is 0 Å². The third-order valence-electron chi connectivity index (χ3n) is 2.52. The lowest BCUT2D eigenvalue weighted by atomic mass is 10.3. The number of aromatic nitrogens is 3. The van der Waals surface area contributed by atoms with Crippen molar-refractivity contribution in [2.45, 2.75) is 0 Å². The molecule has 0 aliphatic heterocycles. The predicted octanol–water partition coefficient (Wildman–Crippen LogP) is 2.90. The summed E-state index contributed by atoms with van der Waals surface area (Å²) in [5.74, 6) is -0.561. The summed E-state index contributed by atoms with van der Waals surface area (Å²) < 4.78 is 20.6. The normalized spacial score (nSPS) is 10.8. The van der Waals surface area contributed by atoms with Gasteiger partial charge in [0.2, 0.25) is 0 Å². The molecule has 2 N–H and O–H groups in total. The fourth-order valence-corrected chi connectivity index (χ4v) is 1.88. The van der Waals surface area contributed by atoms with Crippen molar-refractivity contribution < 1.29 is 9.13 Å². The molecule has 0 bridgehead atoms. The second kappa shape index (κ2) is 4.40. The summed E-state index contributed by atoms with van der Waals surface area (Å²) in [6.45, 7) is 0. The van der Waals surface area contributed by atoms with Gasteiger partial charge in [0, 0.05) is 11.8 Å². The molecule has 3 rings (SSSR count). The van der Waals surface area contributed by atoms with E-state index in [0.717, 1.165) is 0 Å². The maximum atomic E-state index is 13.7. The van der Waals surface area contributed by atoms with Gasteiger partial charge in [-0.15, -0.1) is 0 Å². The molecule has 0 spiro atoms. The summed E-state index contributed by atoms with van der Waals surface area (Å²) in [6, 6.07) is 7.62. The molecule has 2 aromatic heterocycles. The predicted molar refractivity (Wildman–Crippen MR) is 68.9 cm³/mol. The Bertz CT molecular complexity index is 759. The zero-order valence-corrected chi connectivity index (χ0v) is 10.3. The first kappa shape index (κ1) is 11.7. The molecule has 0 atom stereocenters. The molecule has 2 heterocycles. The van der Waals surface area contributed by atoms with Crippen LogP contribution in [0.1, 0.15) is 0 Å². The highest BCUT2D eigenvalue weighted by Crippen LogP contribution is 2.26. The van der Waals surface area contributed by atoms with Gasteiger partial charge < -0.3 is 10.5 Å². The highest BCUT2D eigenvalue weighted by atomic mass is 35.5. The molecule has 0 saturated heterocycles. The Labute approximate surface area is 112 Å². The molecule has 0 radical (unpaired) electrons. The average molecular weight is 279 g/mol. The summed E-state index contributed by atoms with van der Waals surface area (Å²) in [5, 5.41) is 0.376. The topological polar surface area (TPSA) is 65.4 Å². The van der Waals surface area contributed by atoms with Crippen LogP contribution in [0.5, 0.6) is 11.8 Å². The summed E-state index contributed by atoms with van der Waals surface area (Å²) >= 11 is 6.00. The van der Waals surface area contributed by atoms with Gasteiger partial charge in [-0.1, -0.05) is 11.6 Å². The van der Waals surface area contributed by atoms with E-state index < -0.39 is 5.82 Å². The van der Waals surface area contributed by atoms with Crippen molar-refractivity contribution in [2.24, 2.45) is 0 Å². The second-order valence-corrected chi connectivity index (χ2v) is 4.19. The lowest BCUT2D eigenvalue weighted by Crippen LogP contribution is -2.00. The minimum absolute atomic E-state index is 0.0129. The summed E-state index contributed by atoms with van der Waals surface area (Å²) in [6.07, 6.45) is 1.32. The van der Waals surface area contributed by atoms with Crippen LogP contribution in [0.4, 0.5) is 10.1 Å². The van der Waals surface area contributed by atoms with Gasteiger partial charge in [-0.25, -0.2) is 13.8 Å². The van der Waals surface area contributed by atoms with Gasteiger partial charge in [-0.2, -0.15) is 4.98 Å². The van der Waals surface area contributed by atoms with Crippen LogP contribution >= 0.6 is 11.6 Å². The quantitative estimate of drug-likeness (QED) is 0.732. The molecule has 0 saturated carbocycles. The fraction of sp³-hybridized carbons (Fsp3) is 0. The van der Waals surface area contributed by atoms with Crippen molar-refractivity contribution in [3.05, 3.63) is 47.6 Å². The molecule has 0 unspecified atom stereocenters. The molecule has 3 aromatic rings. The smallest absolute Gasteiger partial charge is 0.310 e. The first-order chi connectivity index (χ1) is 9.15. The maximum absolute atomic E-state index is 13.7. The van der Waals surface area contributed by atoms with Crippen LogP contribution in [-0.2, 0) is 0 Å². The van der Waals surface area contributed by atoms with Gasteiger partial charge in [0.1, 0.15) is 17.1 Å². The Kier molecular flexibility index (Phi) is 2.72. The lowest BCUT2D eigenvalue weighted by molar-refractivity contribution is 0.404. The van der Waals surface area contributed by atoms with Gasteiger partial charge in [0.25, 0.3) is 0 Å². The Hall–Kier alpha value is -2.34. The number of halogens is 2. The molecule has 0 amide bonds. The summed E-state index contributed by atoms with van der Waals surface area (Å²) in [5.41, 5.74) is 6.35. The summed E-state index contributed by atoms with van der Waals surface area (Å²) in [4.78, 5) is 7.96. The molecule has 0 aliphatic carbocycles. The Morgan fingerprint density at radius 2 is 2.05 bits per heavy atom. The van der Waals surface area contributed by atoms with Crippen LogP contribution in [0, 0.1) is 5.82 Å². The Morgan fingerprint density at radius 3 is 2.84 bits per heavy atom. The largest absolute Gasteiger partial charge is 0.422 e. The minimum Gasteiger partial charge on any atom is -0.422 e. The number of nitrogen functional groups attached to an aromatic ring is 1. The molecule has 5 nitrogen and oxygen atoms in total. The van der Waals surface area contributed by atoms with Gasteiger partial charge in [-0.3, -0.25) is 0 Å². The van der Waals surface area contributed by atoms with E-state index in [2.05, 4.69) is 9.97 Å². The number of fused-ring (bicyclic) bond motifs is 1. The highest BCUT2D eigenvalue weighted by Gasteiger charge is 2.11. The van der Waals surface area contributed by atoms with Crippen molar-refractivity contribution in [2.75, 3.05) is 5.73 Å². The van der Waals surface area contributed by atoms with E-state index in [1.165, 1.54) is 28.9 Å². The number of ether oxygens (including phenoxy) is 1. The fourth-order valence-electron chi connectivity index (χ4n) is 1.66. The second-order valence-electron chi connectivity index (χ2n) is 3.80. The highest BCUT2D eigenvalue weighted by molar-refractivity contribution is 6.30. The third kappa shape index (κ3) is 2.06. The average Bonchev–Trinajstić information content (AvgIpc) is 2.76. The van der Waals surface area contributed by atoms with Crippen molar-refractivity contribution >= 4 is 22.9 Å². The van der Waals surface area contributed by atoms with Gasteiger partial charge >= 0.3 is 6.01 Å². The molecule has 1 aromatic carbocycles. The molecule has 0 aliphatic rings. The van der Waals surface area contributed by atoms with E-state index in [1.54, 1.807) is 12.1 Å². The van der Waals surface area contributed by atoms with E-state index in [1.807, 2.05) is 0 Å². The first-order valence-corrected chi connectivity index (χ1v) is 5.74. The Morgan fingerprint density at radius 1 is 1.21 bits per heavy atom. The van der Waals surface area contributed by atoms with Crippen LogP contribution in [0.3, 0.4) is 0 Å². The van der Waals surface area contributed by atoms with Crippen molar-refractivity contribution in [3.8, 4) is 11.8 Å². The van der Waals surface area contributed by atoms with Gasteiger partial charge in [0.15, 0.2) is 11.6 Å². The number of hydrogen-bond acceptors (Lipinski definition) is 4. The molecular weight excluding hydrogens is 271 g/mol. The Balaban J connectivity index is 2.08. The zero-order chi connectivity index (χ0) is 13.4. The van der Waals surface area contributed by atoms with Crippen molar-refractivity contribution in [1.82, 2.24) is 14.4 Å². The molecule has 7 heteroatoms. The monoisotopic (exact) mass is 278 g/mol.